The van der Waals surface area contributed by atoms with Gasteiger partial charge in [0.15, 0.2) is 0 Å². The zero-order valence-corrected chi connectivity index (χ0v) is 14.0. The molecule has 0 saturated carbocycles. The van der Waals surface area contributed by atoms with Gasteiger partial charge >= 0.3 is 0 Å². The second kappa shape index (κ2) is 5.98. The number of benzene rings is 3. The highest BCUT2D eigenvalue weighted by Gasteiger charge is 2.08. The molecular weight excluding hydrogens is 346 g/mol. The van der Waals surface area contributed by atoms with Crippen molar-refractivity contribution in [2.75, 3.05) is 0 Å². The Labute approximate surface area is 143 Å². The van der Waals surface area contributed by atoms with Crippen molar-refractivity contribution in [3.8, 4) is 22.3 Å². The monoisotopic (exact) mass is 359 g/mol. The van der Waals surface area contributed by atoms with Gasteiger partial charge in [0.05, 0.1) is 0 Å². The van der Waals surface area contributed by atoms with Gasteiger partial charge in [-0.3, -0.25) is 4.98 Å². The van der Waals surface area contributed by atoms with Crippen LogP contribution in [-0.4, -0.2) is 4.98 Å². The molecule has 4 rings (SSSR count). The summed E-state index contributed by atoms with van der Waals surface area (Å²) in [6.45, 7) is 0. The zero-order chi connectivity index (χ0) is 15.6. The maximum atomic E-state index is 4.12. The molecule has 4 aromatic rings. The van der Waals surface area contributed by atoms with Crippen LogP contribution in [0.4, 0.5) is 0 Å². The molecule has 2 heteroatoms. The van der Waals surface area contributed by atoms with E-state index in [1.807, 2.05) is 12.4 Å². The highest BCUT2D eigenvalue weighted by molar-refractivity contribution is 9.10. The molecule has 1 nitrogen and oxygen atoms in total. The van der Waals surface area contributed by atoms with Crippen molar-refractivity contribution in [3.63, 3.8) is 0 Å². The summed E-state index contributed by atoms with van der Waals surface area (Å²) in [7, 11) is 0. The van der Waals surface area contributed by atoms with Crippen molar-refractivity contribution >= 4 is 26.7 Å². The van der Waals surface area contributed by atoms with Gasteiger partial charge in [-0.15, -0.1) is 0 Å². The second-order valence-corrected chi connectivity index (χ2v) is 6.36. The van der Waals surface area contributed by atoms with Crippen LogP contribution in [0.5, 0.6) is 0 Å². The zero-order valence-electron chi connectivity index (χ0n) is 12.4. The number of pyridine rings is 1. The van der Waals surface area contributed by atoms with Crippen molar-refractivity contribution in [1.29, 1.82) is 0 Å². The molecule has 1 heterocycles. The molecule has 0 aliphatic heterocycles. The van der Waals surface area contributed by atoms with Gasteiger partial charge in [-0.2, -0.15) is 0 Å². The SMILES string of the molecule is Brc1ccc(-c2ccc(-c3ccncc3)c3ccccc23)cc1. The highest BCUT2D eigenvalue weighted by atomic mass is 79.9. The first-order valence-corrected chi connectivity index (χ1v) is 8.30. The Morgan fingerprint density at radius 1 is 0.565 bits per heavy atom. The average Bonchev–Trinajstić information content (AvgIpc) is 2.62. The first-order chi connectivity index (χ1) is 11.3. The van der Waals surface area contributed by atoms with Crippen LogP contribution in [-0.2, 0) is 0 Å². The number of aromatic nitrogens is 1. The molecular formula is C21H14BrN. The molecule has 0 unspecified atom stereocenters. The van der Waals surface area contributed by atoms with Crippen LogP contribution in [0.2, 0.25) is 0 Å². The van der Waals surface area contributed by atoms with Gasteiger partial charge in [-0.25, -0.2) is 0 Å². The summed E-state index contributed by atoms with van der Waals surface area (Å²) in [5, 5.41) is 2.53. The number of nitrogens with zero attached hydrogens (tertiary/aromatic N) is 1. The summed E-state index contributed by atoms with van der Waals surface area (Å²) < 4.78 is 1.10. The minimum absolute atomic E-state index is 1.10. The Hall–Kier alpha value is -2.45. The third-order valence-corrected chi connectivity index (χ3v) is 4.60. The fraction of sp³-hybridized carbons (Fsp3) is 0. The first-order valence-electron chi connectivity index (χ1n) is 7.51. The van der Waals surface area contributed by atoms with Gasteiger partial charge < -0.3 is 0 Å². The molecule has 0 amide bonds. The average molecular weight is 360 g/mol. The van der Waals surface area contributed by atoms with E-state index >= 15 is 0 Å². The standard InChI is InChI=1S/C21H14BrN/c22-17-7-5-15(6-8-17)18-9-10-19(16-11-13-23-14-12-16)21-4-2-1-3-20(18)21/h1-14H. The fourth-order valence-corrected chi connectivity index (χ4v) is 3.23. The molecule has 0 bridgehead atoms. The molecule has 3 aromatic carbocycles. The van der Waals surface area contributed by atoms with Crippen molar-refractivity contribution in [2.24, 2.45) is 0 Å². The molecule has 0 saturated heterocycles. The predicted molar refractivity (Wildman–Crippen MR) is 100 cm³/mol. The predicted octanol–water partition coefficient (Wildman–Crippen LogP) is 6.33. The number of rotatable bonds is 2. The molecule has 0 N–H and O–H groups in total. The molecule has 0 aliphatic carbocycles. The molecule has 23 heavy (non-hydrogen) atoms. The smallest absolute Gasteiger partial charge is 0.0273 e. The van der Waals surface area contributed by atoms with E-state index in [1.165, 1.54) is 33.0 Å². The van der Waals surface area contributed by atoms with Crippen molar-refractivity contribution in [2.45, 2.75) is 0 Å². The van der Waals surface area contributed by atoms with Gasteiger partial charge in [0.25, 0.3) is 0 Å². The Morgan fingerprint density at radius 2 is 1.09 bits per heavy atom. The van der Waals surface area contributed by atoms with E-state index in [-0.39, 0.29) is 0 Å². The van der Waals surface area contributed by atoms with E-state index in [9.17, 15) is 0 Å². The Kier molecular flexibility index (Phi) is 3.68. The van der Waals surface area contributed by atoms with Gasteiger partial charge in [0.2, 0.25) is 0 Å². The maximum Gasteiger partial charge on any atom is 0.0273 e. The summed E-state index contributed by atoms with van der Waals surface area (Å²) >= 11 is 3.50. The summed E-state index contributed by atoms with van der Waals surface area (Å²) in [4.78, 5) is 4.12. The van der Waals surface area contributed by atoms with Crippen LogP contribution >= 0.6 is 15.9 Å². The quantitative estimate of drug-likeness (QED) is 0.407. The largest absolute Gasteiger partial charge is 0.265 e. The minimum Gasteiger partial charge on any atom is -0.265 e. The highest BCUT2D eigenvalue weighted by Crippen LogP contribution is 2.35. The van der Waals surface area contributed by atoms with Gasteiger partial charge in [0.1, 0.15) is 0 Å². The Balaban J connectivity index is 1.97. The molecule has 0 radical (unpaired) electrons. The van der Waals surface area contributed by atoms with Crippen LogP contribution in [0.3, 0.4) is 0 Å². The lowest BCUT2D eigenvalue weighted by molar-refractivity contribution is 1.33. The van der Waals surface area contributed by atoms with Crippen LogP contribution in [0.15, 0.2) is 89.7 Å². The molecule has 1 aromatic heterocycles. The third kappa shape index (κ3) is 2.66. The van der Waals surface area contributed by atoms with E-state index in [4.69, 9.17) is 0 Å². The van der Waals surface area contributed by atoms with Crippen molar-refractivity contribution < 1.29 is 0 Å². The summed E-state index contributed by atoms with van der Waals surface area (Å²) in [6.07, 6.45) is 3.68. The van der Waals surface area contributed by atoms with E-state index < -0.39 is 0 Å². The van der Waals surface area contributed by atoms with Crippen molar-refractivity contribution in [3.05, 3.63) is 89.7 Å². The molecule has 0 fully saturated rings. The first kappa shape index (κ1) is 14.2. The van der Waals surface area contributed by atoms with Crippen LogP contribution in [0, 0.1) is 0 Å². The minimum atomic E-state index is 1.10. The van der Waals surface area contributed by atoms with Crippen LogP contribution in [0.25, 0.3) is 33.0 Å². The third-order valence-electron chi connectivity index (χ3n) is 4.07. The van der Waals surface area contributed by atoms with Gasteiger partial charge in [-0.1, -0.05) is 64.5 Å². The molecule has 110 valence electrons. The summed E-state index contributed by atoms with van der Waals surface area (Å²) in [5.74, 6) is 0. The summed E-state index contributed by atoms with van der Waals surface area (Å²) in [5.41, 5.74) is 4.92. The Bertz CT molecular complexity index is 960. The van der Waals surface area contributed by atoms with Crippen molar-refractivity contribution in [1.82, 2.24) is 4.98 Å². The fourth-order valence-electron chi connectivity index (χ4n) is 2.96. The second-order valence-electron chi connectivity index (χ2n) is 5.45. The van der Waals surface area contributed by atoms with E-state index in [0.29, 0.717) is 0 Å². The number of hydrogen-bond donors (Lipinski definition) is 0. The van der Waals surface area contributed by atoms with Crippen LogP contribution in [0.1, 0.15) is 0 Å². The topological polar surface area (TPSA) is 12.9 Å². The number of hydrogen-bond acceptors (Lipinski definition) is 1. The van der Waals surface area contributed by atoms with E-state index in [0.717, 1.165) is 4.47 Å². The molecule has 0 aliphatic rings. The molecule has 0 spiro atoms. The van der Waals surface area contributed by atoms with Gasteiger partial charge in [-0.05, 0) is 57.3 Å². The van der Waals surface area contributed by atoms with E-state index in [1.54, 1.807) is 0 Å². The maximum absolute atomic E-state index is 4.12. The van der Waals surface area contributed by atoms with Gasteiger partial charge in [0, 0.05) is 16.9 Å². The Morgan fingerprint density at radius 3 is 1.65 bits per heavy atom. The number of halogens is 1. The lowest BCUT2D eigenvalue weighted by Gasteiger charge is -2.12. The lowest BCUT2D eigenvalue weighted by Crippen LogP contribution is -1.86. The number of fused-ring (bicyclic) bond motifs is 1. The lowest BCUT2D eigenvalue weighted by atomic mass is 9.92. The normalized spacial score (nSPS) is 10.8. The summed E-state index contributed by atoms with van der Waals surface area (Å²) in [6, 6.07) is 25.6. The van der Waals surface area contributed by atoms with E-state index in [2.05, 4.69) is 93.7 Å². The molecule has 0 atom stereocenters. The van der Waals surface area contributed by atoms with Crippen LogP contribution < -0.4 is 0 Å².